The molecule has 2 saturated heterocycles. The first-order valence-electron chi connectivity index (χ1n) is 6.98. The Bertz CT molecular complexity index is 359. The number of aliphatic hydroxyl groups is 1. The lowest BCUT2D eigenvalue weighted by Crippen LogP contribution is -2.59. The van der Waals surface area contributed by atoms with E-state index in [1.807, 2.05) is 13.8 Å². The molecule has 2 heterocycles. The smallest absolute Gasteiger partial charge is 0.245 e. The van der Waals surface area contributed by atoms with Gasteiger partial charge < -0.3 is 20.2 Å². The quantitative estimate of drug-likeness (QED) is 0.684. The Morgan fingerprint density at radius 1 is 1.42 bits per heavy atom. The van der Waals surface area contributed by atoms with Crippen molar-refractivity contribution in [1.29, 1.82) is 0 Å². The molecule has 0 spiro atoms. The summed E-state index contributed by atoms with van der Waals surface area (Å²) in [7, 11) is 0. The van der Waals surface area contributed by atoms with Crippen molar-refractivity contribution < 1.29 is 14.7 Å². The van der Waals surface area contributed by atoms with E-state index in [-0.39, 0.29) is 30.9 Å². The molecule has 2 fully saturated rings. The summed E-state index contributed by atoms with van der Waals surface area (Å²) in [6.45, 7) is 5.46. The number of nitrogens with zero attached hydrogens (tertiary/aromatic N) is 2. The van der Waals surface area contributed by atoms with Crippen LogP contribution in [0.3, 0.4) is 0 Å². The third-order valence-electron chi connectivity index (χ3n) is 3.69. The maximum absolute atomic E-state index is 12.2. The van der Waals surface area contributed by atoms with Gasteiger partial charge in [0, 0.05) is 25.7 Å². The van der Waals surface area contributed by atoms with Crippen LogP contribution in [0.15, 0.2) is 0 Å². The van der Waals surface area contributed by atoms with Gasteiger partial charge in [-0.15, -0.1) is 0 Å². The molecule has 0 aromatic rings. The number of amides is 2. The first-order chi connectivity index (χ1) is 8.99. The lowest BCUT2D eigenvalue weighted by Gasteiger charge is -2.37. The van der Waals surface area contributed by atoms with Crippen LogP contribution in [0.5, 0.6) is 0 Å². The topological polar surface area (TPSA) is 72.9 Å². The van der Waals surface area contributed by atoms with Crippen molar-refractivity contribution in [1.82, 2.24) is 15.1 Å². The lowest BCUT2D eigenvalue weighted by molar-refractivity contribution is -0.154. The molecule has 2 N–H and O–H groups in total. The summed E-state index contributed by atoms with van der Waals surface area (Å²) in [6, 6.07) is 0.00479. The van der Waals surface area contributed by atoms with E-state index in [1.165, 1.54) is 4.90 Å². The van der Waals surface area contributed by atoms with Crippen molar-refractivity contribution in [2.45, 2.75) is 44.9 Å². The van der Waals surface area contributed by atoms with Crippen LogP contribution in [0.25, 0.3) is 0 Å². The molecule has 19 heavy (non-hydrogen) atoms. The number of rotatable bonds is 5. The summed E-state index contributed by atoms with van der Waals surface area (Å²) in [5, 5.41) is 13.0. The van der Waals surface area contributed by atoms with Crippen molar-refractivity contribution >= 4 is 11.8 Å². The third kappa shape index (κ3) is 3.25. The Morgan fingerprint density at radius 3 is 2.84 bits per heavy atom. The predicted molar refractivity (Wildman–Crippen MR) is 70.5 cm³/mol. The fourth-order valence-electron chi connectivity index (χ4n) is 2.71. The van der Waals surface area contributed by atoms with Gasteiger partial charge in [0.25, 0.3) is 0 Å². The van der Waals surface area contributed by atoms with Crippen LogP contribution in [0.1, 0.15) is 26.7 Å². The summed E-state index contributed by atoms with van der Waals surface area (Å²) in [5.74, 6) is -0.00758. The predicted octanol–water partition coefficient (Wildman–Crippen LogP) is -0.821. The Kier molecular flexibility index (Phi) is 4.42. The van der Waals surface area contributed by atoms with Crippen molar-refractivity contribution in [3.63, 3.8) is 0 Å². The first kappa shape index (κ1) is 14.3. The monoisotopic (exact) mass is 269 g/mol. The van der Waals surface area contributed by atoms with Crippen LogP contribution < -0.4 is 5.32 Å². The number of hydrogen-bond acceptors (Lipinski definition) is 4. The third-order valence-corrected chi connectivity index (χ3v) is 3.69. The molecular formula is C13H23N3O3. The Labute approximate surface area is 113 Å². The average molecular weight is 269 g/mol. The number of β-amino-alcohol motifs (C(OH)–C–C–N with tert-alkyl or cyclic N) is 1. The van der Waals surface area contributed by atoms with E-state index in [1.54, 1.807) is 4.90 Å². The standard InChI is InChI=1S/C13H23N3O3/c1-9(2)14-6-10(17)7-15-8-12(18)16-5-3-4-11(16)13(15)19/h9-11,14,17H,3-8H2,1-2H3. The van der Waals surface area contributed by atoms with Crippen molar-refractivity contribution in [3.8, 4) is 0 Å². The molecule has 2 atom stereocenters. The Morgan fingerprint density at radius 2 is 2.16 bits per heavy atom. The van der Waals surface area contributed by atoms with Gasteiger partial charge in [-0.3, -0.25) is 9.59 Å². The lowest BCUT2D eigenvalue weighted by atomic mass is 10.1. The molecule has 2 rings (SSSR count). The van der Waals surface area contributed by atoms with Gasteiger partial charge in [-0.05, 0) is 12.8 Å². The van der Waals surface area contributed by atoms with E-state index < -0.39 is 6.10 Å². The minimum absolute atomic E-state index is 0.00567. The fourth-order valence-corrected chi connectivity index (χ4v) is 2.71. The maximum Gasteiger partial charge on any atom is 0.245 e. The SMILES string of the molecule is CC(C)NCC(O)CN1CC(=O)N2CCCC2C1=O. The van der Waals surface area contributed by atoms with Gasteiger partial charge in [0.2, 0.25) is 11.8 Å². The van der Waals surface area contributed by atoms with Crippen LogP contribution in [-0.2, 0) is 9.59 Å². The average Bonchev–Trinajstić information content (AvgIpc) is 2.83. The molecule has 6 nitrogen and oxygen atoms in total. The molecule has 2 amide bonds. The highest BCUT2D eigenvalue weighted by Gasteiger charge is 2.42. The van der Waals surface area contributed by atoms with E-state index in [0.29, 0.717) is 19.1 Å². The Hall–Kier alpha value is -1.14. The van der Waals surface area contributed by atoms with E-state index in [4.69, 9.17) is 0 Å². The van der Waals surface area contributed by atoms with Crippen LogP contribution in [-0.4, -0.2) is 71.1 Å². The van der Waals surface area contributed by atoms with Gasteiger partial charge in [-0.1, -0.05) is 13.8 Å². The normalized spacial score (nSPS) is 25.2. The maximum atomic E-state index is 12.2. The largest absolute Gasteiger partial charge is 0.390 e. The van der Waals surface area contributed by atoms with E-state index in [0.717, 1.165) is 12.8 Å². The van der Waals surface area contributed by atoms with Crippen LogP contribution >= 0.6 is 0 Å². The zero-order valence-electron chi connectivity index (χ0n) is 11.6. The fraction of sp³-hybridized carbons (Fsp3) is 0.846. The molecule has 0 aromatic carbocycles. The molecular weight excluding hydrogens is 246 g/mol. The highest BCUT2D eigenvalue weighted by Crippen LogP contribution is 2.23. The number of nitrogens with one attached hydrogen (secondary N) is 1. The molecule has 0 aromatic heterocycles. The second-order valence-electron chi connectivity index (χ2n) is 5.68. The number of aliphatic hydroxyl groups excluding tert-OH is 1. The molecule has 0 aliphatic carbocycles. The molecule has 2 aliphatic rings. The van der Waals surface area contributed by atoms with Crippen LogP contribution in [0, 0.1) is 0 Å². The highest BCUT2D eigenvalue weighted by atomic mass is 16.3. The summed E-state index contributed by atoms with van der Waals surface area (Å²) in [5.41, 5.74) is 0. The number of carbonyl (C=O) groups is 2. The van der Waals surface area contributed by atoms with Gasteiger partial charge in [-0.25, -0.2) is 0 Å². The zero-order chi connectivity index (χ0) is 14.0. The van der Waals surface area contributed by atoms with E-state index >= 15 is 0 Å². The van der Waals surface area contributed by atoms with Crippen molar-refractivity contribution in [3.05, 3.63) is 0 Å². The van der Waals surface area contributed by atoms with Gasteiger partial charge >= 0.3 is 0 Å². The van der Waals surface area contributed by atoms with Gasteiger partial charge in [0.1, 0.15) is 6.04 Å². The molecule has 0 bridgehead atoms. The second kappa shape index (κ2) is 5.88. The number of piperazine rings is 1. The van der Waals surface area contributed by atoms with Gasteiger partial charge in [0.15, 0.2) is 0 Å². The van der Waals surface area contributed by atoms with Gasteiger partial charge in [0.05, 0.1) is 12.6 Å². The molecule has 6 heteroatoms. The molecule has 2 aliphatic heterocycles. The van der Waals surface area contributed by atoms with Crippen molar-refractivity contribution in [2.75, 3.05) is 26.2 Å². The van der Waals surface area contributed by atoms with Gasteiger partial charge in [-0.2, -0.15) is 0 Å². The zero-order valence-corrected chi connectivity index (χ0v) is 11.6. The number of hydrogen-bond donors (Lipinski definition) is 2. The summed E-state index contributed by atoms with van der Waals surface area (Å²) < 4.78 is 0. The molecule has 2 unspecified atom stereocenters. The van der Waals surface area contributed by atoms with E-state index in [9.17, 15) is 14.7 Å². The minimum Gasteiger partial charge on any atom is -0.390 e. The molecule has 108 valence electrons. The van der Waals surface area contributed by atoms with Crippen LogP contribution in [0.4, 0.5) is 0 Å². The minimum atomic E-state index is -0.632. The summed E-state index contributed by atoms with van der Waals surface area (Å²) in [6.07, 6.45) is 1.02. The van der Waals surface area contributed by atoms with Crippen LogP contribution in [0.2, 0.25) is 0 Å². The van der Waals surface area contributed by atoms with E-state index in [2.05, 4.69) is 5.32 Å². The van der Waals surface area contributed by atoms with Crippen molar-refractivity contribution in [2.24, 2.45) is 0 Å². The molecule has 0 saturated carbocycles. The second-order valence-corrected chi connectivity index (χ2v) is 5.68. The number of fused-ring (bicyclic) bond motifs is 1. The summed E-state index contributed by atoms with van der Waals surface area (Å²) in [4.78, 5) is 27.3. The first-order valence-corrected chi connectivity index (χ1v) is 6.98. The number of carbonyl (C=O) groups excluding carboxylic acids is 2. The Balaban J connectivity index is 1.89. The highest BCUT2D eigenvalue weighted by molar-refractivity contribution is 5.95. The summed E-state index contributed by atoms with van der Waals surface area (Å²) >= 11 is 0. The molecule has 0 radical (unpaired) electrons.